The first-order valence-corrected chi connectivity index (χ1v) is 11.5. The van der Waals surface area contributed by atoms with Gasteiger partial charge in [0, 0.05) is 26.5 Å². The van der Waals surface area contributed by atoms with Gasteiger partial charge in [-0.05, 0) is 47.2 Å². The molecule has 8 nitrogen and oxygen atoms in total. The minimum Gasteiger partial charge on any atom is -0.507 e. The predicted octanol–water partition coefficient (Wildman–Crippen LogP) is 5.58. The van der Waals surface area contributed by atoms with E-state index < -0.39 is 0 Å². The van der Waals surface area contributed by atoms with Gasteiger partial charge in [-0.25, -0.2) is 0 Å². The van der Waals surface area contributed by atoms with Crippen LogP contribution in [0.15, 0.2) is 104 Å². The standard InChI is InChI=1S/2C12H10N2O2S.Co/c2*15-11-6-2-1-5-10(11)12(16)14-13-8-9-4-3-7-17-9;/h2*1-8,15H,(H,14,16);/b2*13-8+;. The van der Waals surface area contributed by atoms with E-state index in [1.807, 2.05) is 35.0 Å². The predicted molar refractivity (Wildman–Crippen MR) is 138 cm³/mol. The summed E-state index contributed by atoms with van der Waals surface area (Å²) < 4.78 is 0. The van der Waals surface area contributed by atoms with Crippen LogP contribution in [0.4, 0.5) is 0 Å². The first-order chi connectivity index (χ1) is 16.5. The Morgan fingerprint density at radius 2 is 1.00 bits per heavy atom. The maximum Gasteiger partial charge on any atom is 0.242 e. The van der Waals surface area contributed by atoms with Crippen molar-refractivity contribution in [2.45, 2.75) is 0 Å². The number of aromatic hydroxyl groups is 2. The minimum atomic E-state index is -0.309. The maximum atomic E-state index is 9.61. The van der Waals surface area contributed by atoms with Gasteiger partial charge in [-0.15, -0.1) is 32.9 Å². The summed E-state index contributed by atoms with van der Waals surface area (Å²) in [4.78, 5) is 1.89. The van der Waals surface area contributed by atoms with Crippen molar-refractivity contribution >= 4 is 46.9 Å². The molecule has 0 saturated heterocycles. The second-order valence-corrected chi connectivity index (χ2v) is 8.36. The third-order valence-electron chi connectivity index (χ3n) is 4.05. The van der Waals surface area contributed by atoms with Crippen molar-refractivity contribution in [1.82, 2.24) is 0 Å². The molecule has 0 spiro atoms. The van der Waals surface area contributed by atoms with E-state index in [9.17, 15) is 20.4 Å². The number of aliphatic hydroxyl groups excluding tert-OH is 2. The zero-order valence-electron chi connectivity index (χ0n) is 18.0. The number of aliphatic hydroxyl groups is 2. The molecule has 2 aromatic carbocycles. The smallest absolute Gasteiger partial charge is 0.242 e. The SMILES string of the molecule is O/C(=N/N=C/c1cccs1)c1ccccc1O.O/C(=N/N=C/c1cccs1)c1ccccc1O.[Co]. The normalized spacial score (nSPS) is 11.8. The average Bonchev–Trinajstić information content (AvgIpc) is 3.55. The van der Waals surface area contributed by atoms with Crippen molar-refractivity contribution in [3.63, 3.8) is 0 Å². The number of phenolic OH excluding ortho intramolecular Hbond substituents is 2. The Morgan fingerprint density at radius 1 is 0.600 bits per heavy atom. The molecular formula is C24H20CoN4O4S2. The van der Waals surface area contributed by atoms with Crippen molar-refractivity contribution in [2.75, 3.05) is 0 Å². The van der Waals surface area contributed by atoms with Crippen LogP contribution < -0.4 is 0 Å². The van der Waals surface area contributed by atoms with E-state index in [-0.39, 0.29) is 51.2 Å². The van der Waals surface area contributed by atoms with Crippen LogP contribution in [0.5, 0.6) is 11.5 Å². The van der Waals surface area contributed by atoms with Crippen molar-refractivity contribution in [2.24, 2.45) is 20.4 Å². The summed E-state index contributed by atoms with van der Waals surface area (Å²) in [5.41, 5.74) is 0.520. The molecule has 4 N–H and O–H groups in total. The number of hydrogen-bond donors (Lipinski definition) is 4. The molecular weight excluding hydrogens is 531 g/mol. The monoisotopic (exact) mass is 551 g/mol. The quantitative estimate of drug-likeness (QED) is 0.142. The van der Waals surface area contributed by atoms with Crippen LogP contribution in [0.2, 0.25) is 0 Å². The fourth-order valence-electron chi connectivity index (χ4n) is 2.44. The molecule has 1 radical (unpaired) electrons. The van der Waals surface area contributed by atoms with Gasteiger partial charge in [0.1, 0.15) is 11.5 Å². The van der Waals surface area contributed by atoms with Gasteiger partial charge in [-0.3, -0.25) is 0 Å². The molecule has 2 aromatic heterocycles. The van der Waals surface area contributed by atoms with E-state index in [1.54, 1.807) is 48.8 Å². The van der Waals surface area contributed by atoms with Crippen LogP contribution in [0.3, 0.4) is 0 Å². The third kappa shape index (κ3) is 8.83. The summed E-state index contributed by atoms with van der Waals surface area (Å²) in [7, 11) is 0. The van der Waals surface area contributed by atoms with Gasteiger partial charge in [0.25, 0.3) is 0 Å². The Bertz CT molecular complexity index is 1200. The minimum absolute atomic E-state index is 0. The van der Waals surface area contributed by atoms with Gasteiger partial charge >= 0.3 is 0 Å². The van der Waals surface area contributed by atoms with Crippen LogP contribution in [0.25, 0.3) is 0 Å². The largest absolute Gasteiger partial charge is 0.507 e. The van der Waals surface area contributed by atoms with Crippen molar-refractivity contribution in [3.8, 4) is 11.5 Å². The van der Waals surface area contributed by atoms with Gasteiger partial charge < -0.3 is 20.4 Å². The Balaban J connectivity index is 0.000000240. The van der Waals surface area contributed by atoms with Crippen LogP contribution in [0.1, 0.15) is 20.9 Å². The number of para-hydroxylation sites is 2. The van der Waals surface area contributed by atoms with Gasteiger partial charge in [0.15, 0.2) is 0 Å². The summed E-state index contributed by atoms with van der Waals surface area (Å²) in [5.74, 6) is -0.674. The number of rotatable bonds is 6. The number of phenols is 2. The van der Waals surface area contributed by atoms with Crippen molar-refractivity contribution in [1.29, 1.82) is 0 Å². The number of thiophene rings is 2. The zero-order valence-corrected chi connectivity index (χ0v) is 20.6. The molecule has 4 rings (SSSR count). The number of benzene rings is 2. The van der Waals surface area contributed by atoms with Crippen molar-refractivity contribution < 1.29 is 37.2 Å². The Hall–Kier alpha value is -3.77. The summed E-state index contributed by atoms with van der Waals surface area (Å²) in [6.07, 6.45) is 3.09. The molecule has 0 amide bonds. The molecule has 11 heteroatoms. The molecule has 0 aliphatic carbocycles. The van der Waals surface area contributed by atoms with Gasteiger partial charge in [-0.2, -0.15) is 10.2 Å². The van der Waals surface area contributed by atoms with E-state index in [2.05, 4.69) is 20.4 Å². The Morgan fingerprint density at radius 3 is 1.34 bits per heavy atom. The van der Waals surface area contributed by atoms with Gasteiger partial charge in [-0.1, -0.05) is 36.4 Å². The van der Waals surface area contributed by atoms with E-state index in [0.29, 0.717) is 0 Å². The van der Waals surface area contributed by atoms with Gasteiger partial charge in [0.2, 0.25) is 11.8 Å². The van der Waals surface area contributed by atoms with Crippen LogP contribution in [-0.2, 0) is 16.8 Å². The Labute approximate surface area is 219 Å². The van der Waals surface area contributed by atoms with E-state index in [0.717, 1.165) is 9.75 Å². The first kappa shape index (κ1) is 27.5. The molecule has 181 valence electrons. The molecule has 0 aliphatic heterocycles. The van der Waals surface area contributed by atoms with Crippen LogP contribution in [-0.4, -0.2) is 44.7 Å². The fraction of sp³-hybridized carbons (Fsp3) is 0. The summed E-state index contributed by atoms with van der Waals surface area (Å²) in [6, 6.07) is 20.4. The van der Waals surface area contributed by atoms with Crippen LogP contribution in [0, 0.1) is 0 Å². The van der Waals surface area contributed by atoms with Gasteiger partial charge in [0.05, 0.1) is 23.6 Å². The average molecular weight is 552 g/mol. The summed E-state index contributed by atoms with van der Waals surface area (Å²) >= 11 is 3.05. The number of nitrogens with zero attached hydrogens (tertiary/aromatic N) is 4. The molecule has 4 aromatic rings. The molecule has 0 fully saturated rings. The molecule has 0 aliphatic rings. The third-order valence-corrected chi connectivity index (χ3v) is 5.66. The fourth-order valence-corrected chi connectivity index (χ4v) is 3.60. The maximum absolute atomic E-state index is 9.61. The van der Waals surface area contributed by atoms with Crippen LogP contribution >= 0.6 is 22.7 Å². The molecule has 0 unspecified atom stereocenters. The van der Waals surface area contributed by atoms with E-state index in [4.69, 9.17) is 0 Å². The van der Waals surface area contributed by atoms with Crippen molar-refractivity contribution in [3.05, 3.63) is 104 Å². The summed E-state index contributed by atoms with van der Waals surface area (Å²) in [6.45, 7) is 0. The van der Waals surface area contributed by atoms with E-state index >= 15 is 0 Å². The molecule has 2 heterocycles. The first-order valence-electron chi connectivity index (χ1n) is 9.78. The second kappa shape index (κ2) is 14.5. The molecule has 0 saturated carbocycles. The zero-order chi connectivity index (χ0) is 24.2. The van der Waals surface area contributed by atoms with E-state index in [1.165, 1.54) is 34.8 Å². The topological polar surface area (TPSA) is 130 Å². The summed E-state index contributed by atoms with van der Waals surface area (Å²) in [5, 5.41) is 56.7. The Kier molecular flexibility index (Phi) is 11.4. The molecule has 0 atom stereocenters. The number of hydrogen-bond acceptors (Lipinski definition) is 8. The molecule has 35 heavy (non-hydrogen) atoms. The second-order valence-electron chi connectivity index (χ2n) is 6.40. The molecule has 0 bridgehead atoms.